The van der Waals surface area contributed by atoms with E-state index in [9.17, 15) is 5.11 Å². The van der Waals surface area contributed by atoms with Crippen molar-refractivity contribution in [2.45, 2.75) is 25.9 Å². The smallest absolute Gasteiger partial charge is 0.137 e. The minimum Gasteiger partial charge on any atom is -0.492 e. The lowest BCUT2D eigenvalue weighted by Gasteiger charge is -2.18. The first-order valence-corrected chi connectivity index (χ1v) is 7.10. The van der Waals surface area contributed by atoms with Crippen molar-refractivity contribution in [2.75, 3.05) is 6.61 Å². The van der Waals surface area contributed by atoms with Crippen molar-refractivity contribution in [3.63, 3.8) is 0 Å². The molecule has 2 aromatic rings. The lowest BCUT2D eigenvalue weighted by molar-refractivity contribution is 0.112. The van der Waals surface area contributed by atoms with Crippen LogP contribution in [0.15, 0.2) is 42.7 Å². The van der Waals surface area contributed by atoms with Crippen LogP contribution in [0.4, 0.5) is 0 Å². The summed E-state index contributed by atoms with van der Waals surface area (Å²) in [5.41, 5.74) is 3.55. The summed E-state index contributed by atoms with van der Waals surface area (Å²) in [5.74, 6) is 0.950. The van der Waals surface area contributed by atoms with E-state index in [0.29, 0.717) is 6.61 Å². The molecule has 1 aromatic carbocycles. The summed E-state index contributed by atoms with van der Waals surface area (Å²) >= 11 is 0. The second-order valence-corrected chi connectivity index (χ2v) is 5.27. The van der Waals surface area contributed by atoms with Crippen LogP contribution in [-0.4, -0.2) is 16.7 Å². The van der Waals surface area contributed by atoms with E-state index in [1.165, 1.54) is 11.1 Å². The van der Waals surface area contributed by atoms with Gasteiger partial charge in [-0.2, -0.15) is 0 Å². The minimum atomic E-state index is -0.490. The summed E-state index contributed by atoms with van der Waals surface area (Å²) in [6.45, 7) is 2.55. The molecule has 1 unspecified atom stereocenters. The van der Waals surface area contributed by atoms with Crippen molar-refractivity contribution < 1.29 is 9.84 Å². The molecule has 1 aliphatic rings. The molecular weight excluding hydrogens is 250 g/mol. The number of pyridine rings is 1. The zero-order chi connectivity index (χ0) is 13.9. The number of aliphatic hydroxyl groups is 1. The van der Waals surface area contributed by atoms with Gasteiger partial charge in [0.2, 0.25) is 0 Å². The largest absolute Gasteiger partial charge is 0.492 e. The molecule has 1 aliphatic carbocycles. The van der Waals surface area contributed by atoms with Crippen LogP contribution in [0.5, 0.6) is 5.75 Å². The van der Waals surface area contributed by atoms with E-state index in [4.69, 9.17) is 4.74 Å². The Labute approximate surface area is 119 Å². The summed E-state index contributed by atoms with van der Waals surface area (Å²) in [4.78, 5) is 4.16. The van der Waals surface area contributed by atoms with Gasteiger partial charge >= 0.3 is 0 Å². The van der Waals surface area contributed by atoms with Gasteiger partial charge in [0.25, 0.3) is 0 Å². The van der Waals surface area contributed by atoms with Crippen molar-refractivity contribution in [1.29, 1.82) is 0 Å². The van der Waals surface area contributed by atoms with Crippen LogP contribution in [0, 0.1) is 5.92 Å². The maximum Gasteiger partial charge on any atom is 0.137 e. The van der Waals surface area contributed by atoms with Gasteiger partial charge in [-0.15, -0.1) is 0 Å². The van der Waals surface area contributed by atoms with Gasteiger partial charge in [0.1, 0.15) is 5.75 Å². The Morgan fingerprint density at radius 1 is 1.25 bits per heavy atom. The van der Waals surface area contributed by atoms with Gasteiger partial charge in [-0.25, -0.2) is 0 Å². The average molecular weight is 269 g/mol. The molecule has 0 saturated heterocycles. The second kappa shape index (κ2) is 5.63. The summed E-state index contributed by atoms with van der Waals surface area (Å²) in [7, 11) is 0. The number of aliphatic hydroxyl groups excluding tert-OH is 1. The molecule has 3 nitrogen and oxygen atoms in total. The number of aromatic nitrogens is 1. The molecular formula is C17H19NO2. The highest BCUT2D eigenvalue weighted by Crippen LogP contribution is 2.35. The van der Waals surface area contributed by atoms with Gasteiger partial charge in [-0.3, -0.25) is 4.98 Å². The molecule has 3 rings (SSSR count). The topological polar surface area (TPSA) is 42.4 Å². The molecule has 0 radical (unpaired) electrons. The first-order chi connectivity index (χ1) is 9.78. The predicted octanol–water partition coefficient (Wildman–Crippen LogP) is 2.93. The molecule has 0 bridgehead atoms. The van der Waals surface area contributed by atoms with E-state index in [1.807, 2.05) is 13.0 Å². The van der Waals surface area contributed by atoms with Crippen LogP contribution >= 0.6 is 0 Å². The van der Waals surface area contributed by atoms with Gasteiger partial charge in [0.15, 0.2) is 0 Å². The van der Waals surface area contributed by atoms with E-state index in [2.05, 4.69) is 29.2 Å². The molecule has 1 atom stereocenters. The van der Waals surface area contributed by atoms with Gasteiger partial charge in [0.05, 0.1) is 18.9 Å². The first-order valence-electron chi connectivity index (χ1n) is 7.10. The van der Waals surface area contributed by atoms with Gasteiger partial charge in [0, 0.05) is 11.8 Å². The van der Waals surface area contributed by atoms with Crippen LogP contribution in [0.3, 0.4) is 0 Å². The highest BCUT2D eigenvalue weighted by molar-refractivity contribution is 5.34. The van der Waals surface area contributed by atoms with Gasteiger partial charge < -0.3 is 9.84 Å². The number of nitrogens with zero attached hydrogens (tertiary/aromatic N) is 1. The maximum absolute atomic E-state index is 10.6. The molecule has 0 amide bonds. The SMILES string of the molecule is CCOc1cncc(C(O)C2Cc3ccccc3C2)c1. The lowest BCUT2D eigenvalue weighted by Crippen LogP contribution is -2.13. The van der Waals surface area contributed by atoms with E-state index < -0.39 is 6.10 Å². The van der Waals surface area contributed by atoms with Crippen molar-refractivity contribution in [2.24, 2.45) is 5.92 Å². The molecule has 1 N–H and O–H groups in total. The number of fused-ring (bicyclic) bond motifs is 1. The quantitative estimate of drug-likeness (QED) is 0.928. The van der Waals surface area contributed by atoms with Crippen LogP contribution in [0.2, 0.25) is 0 Å². The Morgan fingerprint density at radius 3 is 2.60 bits per heavy atom. The number of hydrogen-bond acceptors (Lipinski definition) is 3. The number of rotatable bonds is 4. The standard InChI is InChI=1S/C17H19NO2/c1-2-20-16-9-15(10-18-11-16)17(19)14-7-12-5-3-4-6-13(12)8-14/h3-6,9-11,14,17,19H,2,7-8H2,1H3. The summed E-state index contributed by atoms with van der Waals surface area (Å²) in [6, 6.07) is 10.3. The van der Waals surface area contributed by atoms with E-state index in [1.54, 1.807) is 12.4 Å². The number of benzene rings is 1. The molecule has 0 spiro atoms. The van der Waals surface area contributed by atoms with Crippen LogP contribution < -0.4 is 4.74 Å². The highest BCUT2D eigenvalue weighted by atomic mass is 16.5. The Balaban J connectivity index is 1.77. The average Bonchev–Trinajstić information content (AvgIpc) is 2.91. The third-order valence-corrected chi connectivity index (χ3v) is 3.92. The van der Waals surface area contributed by atoms with Gasteiger partial charge in [-0.05, 0) is 42.9 Å². The van der Waals surface area contributed by atoms with Crippen LogP contribution in [0.25, 0.3) is 0 Å². The second-order valence-electron chi connectivity index (χ2n) is 5.27. The Morgan fingerprint density at radius 2 is 1.95 bits per heavy atom. The third kappa shape index (κ3) is 2.54. The zero-order valence-corrected chi connectivity index (χ0v) is 11.6. The molecule has 0 aliphatic heterocycles. The van der Waals surface area contributed by atoms with Crippen molar-refractivity contribution in [1.82, 2.24) is 4.98 Å². The van der Waals surface area contributed by atoms with E-state index >= 15 is 0 Å². The van der Waals surface area contributed by atoms with Gasteiger partial charge in [-0.1, -0.05) is 24.3 Å². The lowest BCUT2D eigenvalue weighted by atomic mass is 9.94. The van der Waals surface area contributed by atoms with E-state index in [-0.39, 0.29) is 5.92 Å². The Kier molecular flexibility index (Phi) is 3.70. The van der Waals surface area contributed by atoms with Crippen molar-refractivity contribution >= 4 is 0 Å². The predicted molar refractivity (Wildman–Crippen MR) is 77.7 cm³/mol. The first kappa shape index (κ1) is 13.1. The molecule has 0 fully saturated rings. The monoisotopic (exact) mass is 269 g/mol. The highest BCUT2D eigenvalue weighted by Gasteiger charge is 2.28. The molecule has 0 saturated carbocycles. The summed E-state index contributed by atoms with van der Waals surface area (Å²) < 4.78 is 5.45. The van der Waals surface area contributed by atoms with E-state index in [0.717, 1.165) is 24.2 Å². The van der Waals surface area contributed by atoms with Crippen molar-refractivity contribution in [3.05, 3.63) is 59.4 Å². The minimum absolute atomic E-state index is 0.228. The summed E-state index contributed by atoms with van der Waals surface area (Å²) in [6.07, 6.45) is 4.78. The maximum atomic E-state index is 10.6. The zero-order valence-electron chi connectivity index (χ0n) is 11.6. The molecule has 20 heavy (non-hydrogen) atoms. The molecule has 1 aromatic heterocycles. The fourth-order valence-corrected chi connectivity index (χ4v) is 2.93. The summed E-state index contributed by atoms with van der Waals surface area (Å²) in [5, 5.41) is 10.6. The number of ether oxygens (including phenoxy) is 1. The third-order valence-electron chi connectivity index (χ3n) is 3.92. The Bertz CT molecular complexity index is 572. The van der Waals surface area contributed by atoms with Crippen molar-refractivity contribution in [3.8, 4) is 5.75 Å². The van der Waals surface area contributed by atoms with Crippen LogP contribution in [-0.2, 0) is 12.8 Å². The fraction of sp³-hybridized carbons (Fsp3) is 0.353. The molecule has 1 heterocycles. The fourth-order valence-electron chi connectivity index (χ4n) is 2.93. The molecule has 104 valence electrons. The Hall–Kier alpha value is -1.87. The number of hydrogen-bond donors (Lipinski definition) is 1. The normalized spacial score (nSPS) is 15.9. The molecule has 3 heteroatoms. The van der Waals surface area contributed by atoms with Crippen LogP contribution in [0.1, 0.15) is 29.7 Å².